The number of hydrogen-bond acceptors (Lipinski definition) is 1. The van der Waals surface area contributed by atoms with Gasteiger partial charge in [0.1, 0.15) is 0 Å². The number of likely N-dealkylation sites (tertiary alicyclic amines) is 1. The van der Waals surface area contributed by atoms with Crippen LogP contribution in [0.3, 0.4) is 0 Å². The summed E-state index contributed by atoms with van der Waals surface area (Å²) in [6, 6.07) is 0.516. The van der Waals surface area contributed by atoms with Gasteiger partial charge in [-0.05, 0) is 18.3 Å². The van der Waals surface area contributed by atoms with Crippen LogP contribution in [0, 0.1) is 11.8 Å². The lowest BCUT2D eigenvalue weighted by molar-refractivity contribution is -0.143. The molecular weight excluding hydrogens is 150 g/mol. The van der Waals surface area contributed by atoms with E-state index in [1.807, 2.05) is 4.90 Å². The van der Waals surface area contributed by atoms with Gasteiger partial charge in [0.25, 0.3) is 0 Å². The number of carbonyl (C=O) groups is 1. The molecule has 1 aliphatic rings. The standard InChI is InChI=1S/C10H19NO/c1-5-10-9(7(2)3)6-11(10)8(4)12/h7,9-10H,5-6H2,1-4H3. The summed E-state index contributed by atoms with van der Waals surface area (Å²) in [7, 11) is 0. The summed E-state index contributed by atoms with van der Waals surface area (Å²) in [5, 5.41) is 0. The van der Waals surface area contributed by atoms with Crippen molar-refractivity contribution < 1.29 is 4.79 Å². The smallest absolute Gasteiger partial charge is 0.219 e. The van der Waals surface area contributed by atoms with Gasteiger partial charge in [-0.2, -0.15) is 0 Å². The van der Waals surface area contributed by atoms with Gasteiger partial charge in [-0.25, -0.2) is 0 Å². The van der Waals surface area contributed by atoms with E-state index in [0.29, 0.717) is 12.0 Å². The van der Waals surface area contributed by atoms with Crippen molar-refractivity contribution >= 4 is 5.91 Å². The molecule has 0 aromatic carbocycles. The van der Waals surface area contributed by atoms with Crippen molar-refractivity contribution in [2.45, 2.75) is 40.2 Å². The zero-order valence-corrected chi connectivity index (χ0v) is 8.50. The fourth-order valence-corrected chi connectivity index (χ4v) is 2.12. The van der Waals surface area contributed by atoms with Crippen molar-refractivity contribution in [3.05, 3.63) is 0 Å². The Morgan fingerprint density at radius 1 is 1.58 bits per heavy atom. The fourth-order valence-electron chi connectivity index (χ4n) is 2.12. The van der Waals surface area contributed by atoms with Crippen LogP contribution in [0.5, 0.6) is 0 Å². The van der Waals surface area contributed by atoms with Crippen LogP contribution in [0.2, 0.25) is 0 Å². The quantitative estimate of drug-likeness (QED) is 0.618. The highest BCUT2D eigenvalue weighted by atomic mass is 16.2. The van der Waals surface area contributed by atoms with Gasteiger partial charge >= 0.3 is 0 Å². The van der Waals surface area contributed by atoms with Gasteiger partial charge in [0.2, 0.25) is 5.91 Å². The Labute approximate surface area is 74.9 Å². The SMILES string of the molecule is CCC1C(C(C)C)CN1C(C)=O. The summed E-state index contributed by atoms with van der Waals surface area (Å²) in [5.74, 6) is 1.68. The summed E-state index contributed by atoms with van der Waals surface area (Å²) >= 11 is 0. The second-order valence-electron chi connectivity index (χ2n) is 4.05. The largest absolute Gasteiger partial charge is 0.339 e. The van der Waals surface area contributed by atoms with Crippen LogP contribution in [0.4, 0.5) is 0 Å². The summed E-state index contributed by atoms with van der Waals surface area (Å²) in [6.07, 6.45) is 1.10. The van der Waals surface area contributed by atoms with E-state index >= 15 is 0 Å². The molecule has 0 aromatic rings. The first kappa shape index (κ1) is 9.56. The molecule has 0 radical (unpaired) electrons. The molecule has 2 heteroatoms. The molecule has 12 heavy (non-hydrogen) atoms. The third kappa shape index (κ3) is 1.47. The summed E-state index contributed by atoms with van der Waals surface area (Å²) < 4.78 is 0. The van der Waals surface area contributed by atoms with Gasteiger partial charge in [0, 0.05) is 19.5 Å². The molecule has 0 spiro atoms. The van der Waals surface area contributed by atoms with Gasteiger partial charge in [0.05, 0.1) is 0 Å². The predicted octanol–water partition coefficient (Wildman–Crippen LogP) is 1.90. The van der Waals surface area contributed by atoms with Crippen molar-refractivity contribution in [3.8, 4) is 0 Å². The molecule has 1 fully saturated rings. The number of rotatable bonds is 2. The summed E-state index contributed by atoms with van der Waals surface area (Å²) in [4.78, 5) is 13.1. The van der Waals surface area contributed by atoms with Crippen molar-refractivity contribution in [2.24, 2.45) is 11.8 Å². The van der Waals surface area contributed by atoms with E-state index in [0.717, 1.165) is 18.9 Å². The van der Waals surface area contributed by atoms with E-state index in [-0.39, 0.29) is 5.91 Å². The van der Waals surface area contributed by atoms with Crippen LogP contribution in [0.15, 0.2) is 0 Å². The topological polar surface area (TPSA) is 20.3 Å². The molecule has 2 atom stereocenters. The van der Waals surface area contributed by atoms with E-state index in [1.165, 1.54) is 0 Å². The van der Waals surface area contributed by atoms with Crippen molar-refractivity contribution in [1.82, 2.24) is 4.90 Å². The summed E-state index contributed by atoms with van der Waals surface area (Å²) in [6.45, 7) is 9.29. The van der Waals surface area contributed by atoms with Crippen LogP contribution in [0.1, 0.15) is 34.1 Å². The monoisotopic (exact) mass is 169 g/mol. The van der Waals surface area contributed by atoms with Crippen LogP contribution in [-0.2, 0) is 4.79 Å². The molecule has 1 aliphatic heterocycles. The molecule has 0 aromatic heterocycles. The first-order chi connectivity index (χ1) is 5.57. The van der Waals surface area contributed by atoms with Gasteiger partial charge in [0.15, 0.2) is 0 Å². The Morgan fingerprint density at radius 2 is 2.17 bits per heavy atom. The minimum absolute atomic E-state index is 0.235. The minimum Gasteiger partial charge on any atom is -0.339 e. The number of amides is 1. The lowest BCUT2D eigenvalue weighted by atomic mass is 9.78. The van der Waals surface area contributed by atoms with Gasteiger partial charge in [-0.15, -0.1) is 0 Å². The van der Waals surface area contributed by atoms with Crippen LogP contribution < -0.4 is 0 Å². The minimum atomic E-state index is 0.235. The number of carbonyl (C=O) groups excluding carboxylic acids is 1. The maximum atomic E-state index is 11.1. The van der Waals surface area contributed by atoms with Crippen molar-refractivity contribution in [1.29, 1.82) is 0 Å². The highest BCUT2D eigenvalue weighted by molar-refractivity contribution is 5.74. The molecule has 1 heterocycles. The Morgan fingerprint density at radius 3 is 2.50 bits per heavy atom. The molecule has 70 valence electrons. The van der Waals surface area contributed by atoms with Crippen molar-refractivity contribution in [3.63, 3.8) is 0 Å². The Kier molecular flexibility index (Phi) is 2.76. The Bertz CT molecular complexity index is 177. The van der Waals surface area contributed by atoms with Gasteiger partial charge in [-0.3, -0.25) is 4.79 Å². The molecule has 1 amide bonds. The highest BCUT2D eigenvalue weighted by Crippen LogP contribution is 2.32. The first-order valence-electron chi connectivity index (χ1n) is 4.85. The second kappa shape index (κ2) is 3.46. The molecule has 0 bridgehead atoms. The van der Waals surface area contributed by atoms with Gasteiger partial charge < -0.3 is 4.90 Å². The number of nitrogens with zero attached hydrogens (tertiary/aromatic N) is 1. The normalized spacial score (nSPS) is 28.9. The molecular formula is C10H19NO. The molecule has 1 rings (SSSR count). The third-order valence-electron chi connectivity index (χ3n) is 2.98. The first-order valence-corrected chi connectivity index (χ1v) is 4.85. The van der Waals surface area contributed by atoms with E-state index in [4.69, 9.17) is 0 Å². The Hall–Kier alpha value is -0.530. The number of hydrogen-bond donors (Lipinski definition) is 0. The molecule has 1 saturated heterocycles. The molecule has 2 nitrogen and oxygen atoms in total. The van der Waals surface area contributed by atoms with Crippen LogP contribution >= 0.6 is 0 Å². The molecule has 0 saturated carbocycles. The maximum absolute atomic E-state index is 11.1. The molecule has 0 aliphatic carbocycles. The maximum Gasteiger partial charge on any atom is 0.219 e. The third-order valence-corrected chi connectivity index (χ3v) is 2.98. The summed E-state index contributed by atoms with van der Waals surface area (Å²) in [5.41, 5.74) is 0. The second-order valence-corrected chi connectivity index (χ2v) is 4.05. The highest BCUT2D eigenvalue weighted by Gasteiger charge is 2.40. The Balaban J connectivity index is 2.52. The fraction of sp³-hybridized carbons (Fsp3) is 0.900. The van der Waals surface area contributed by atoms with Crippen molar-refractivity contribution in [2.75, 3.05) is 6.54 Å². The van der Waals surface area contributed by atoms with Gasteiger partial charge in [-0.1, -0.05) is 20.8 Å². The van der Waals surface area contributed by atoms with E-state index in [1.54, 1.807) is 6.92 Å². The van der Waals surface area contributed by atoms with Crippen LogP contribution in [0.25, 0.3) is 0 Å². The average Bonchev–Trinajstić information content (AvgIpc) is 1.83. The van der Waals surface area contributed by atoms with E-state index in [2.05, 4.69) is 20.8 Å². The lowest BCUT2D eigenvalue weighted by Crippen LogP contribution is -2.59. The van der Waals surface area contributed by atoms with E-state index < -0.39 is 0 Å². The average molecular weight is 169 g/mol. The zero-order valence-electron chi connectivity index (χ0n) is 8.50. The molecule has 2 unspecified atom stereocenters. The molecule has 0 N–H and O–H groups in total. The lowest BCUT2D eigenvalue weighted by Gasteiger charge is -2.49. The van der Waals surface area contributed by atoms with Crippen LogP contribution in [-0.4, -0.2) is 23.4 Å². The zero-order chi connectivity index (χ0) is 9.30. The van der Waals surface area contributed by atoms with E-state index in [9.17, 15) is 4.79 Å². The predicted molar refractivity (Wildman–Crippen MR) is 49.8 cm³/mol.